The third-order valence-corrected chi connectivity index (χ3v) is 4.67. The maximum Gasteiger partial charge on any atom is 0.272 e. The highest BCUT2D eigenvalue weighted by molar-refractivity contribution is 7.89. The summed E-state index contributed by atoms with van der Waals surface area (Å²) in [7, 11) is -3.90. The van der Waals surface area contributed by atoms with Gasteiger partial charge in [-0.2, -0.15) is 0 Å². The average Bonchev–Trinajstić information content (AvgIpc) is 2.52. The molecule has 128 valence electrons. The van der Waals surface area contributed by atoms with Crippen LogP contribution >= 0.6 is 11.6 Å². The molecule has 24 heavy (non-hydrogen) atoms. The van der Waals surface area contributed by atoms with Crippen molar-refractivity contribution in [1.82, 2.24) is 10.3 Å². The minimum atomic E-state index is -3.90. The van der Waals surface area contributed by atoms with Gasteiger partial charge in [0.05, 0.1) is 4.90 Å². The molecule has 0 spiro atoms. The number of ether oxygens (including phenoxy) is 1. The Morgan fingerprint density at radius 3 is 2.38 bits per heavy atom. The number of aryl methyl sites for hydroxylation is 2. The highest BCUT2D eigenvalue weighted by atomic mass is 35.5. The number of rotatable bonds is 6. The molecule has 0 fully saturated rings. The lowest BCUT2D eigenvalue weighted by Crippen LogP contribution is -2.43. The topological polar surface area (TPSA) is 84.5 Å². The van der Waals surface area contributed by atoms with Crippen LogP contribution in [0.25, 0.3) is 0 Å². The van der Waals surface area contributed by atoms with Crippen molar-refractivity contribution in [2.75, 3.05) is 6.61 Å². The van der Waals surface area contributed by atoms with Gasteiger partial charge in [0, 0.05) is 5.02 Å². The maximum absolute atomic E-state index is 12.0. The molecule has 0 radical (unpaired) electrons. The summed E-state index contributed by atoms with van der Waals surface area (Å²) in [6.45, 7) is 3.41. The van der Waals surface area contributed by atoms with Crippen molar-refractivity contribution in [2.24, 2.45) is 0 Å². The van der Waals surface area contributed by atoms with Crippen molar-refractivity contribution in [1.29, 1.82) is 0 Å². The van der Waals surface area contributed by atoms with E-state index < -0.39 is 15.9 Å². The van der Waals surface area contributed by atoms with Crippen molar-refractivity contribution in [3.63, 3.8) is 0 Å². The van der Waals surface area contributed by atoms with Gasteiger partial charge in [-0.1, -0.05) is 35.9 Å². The molecule has 8 heteroatoms. The summed E-state index contributed by atoms with van der Waals surface area (Å²) in [6, 6.07) is 11.3. The Morgan fingerprint density at radius 2 is 1.75 bits per heavy atom. The van der Waals surface area contributed by atoms with Crippen LogP contribution in [-0.4, -0.2) is 20.9 Å². The molecule has 0 aromatic heterocycles. The lowest BCUT2D eigenvalue weighted by atomic mass is 10.1. The Hall–Kier alpha value is -2.09. The Kier molecular flexibility index (Phi) is 5.82. The molecule has 2 aromatic carbocycles. The van der Waals surface area contributed by atoms with Gasteiger partial charge in [-0.15, -0.1) is 4.83 Å². The van der Waals surface area contributed by atoms with E-state index in [1.165, 1.54) is 18.2 Å². The van der Waals surface area contributed by atoms with Gasteiger partial charge < -0.3 is 4.74 Å². The van der Waals surface area contributed by atoms with Crippen LogP contribution in [0.1, 0.15) is 11.1 Å². The first-order chi connectivity index (χ1) is 11.3. The summed E-state index contributed by atoms with van der Waals surface area (Å²) < 4.78 is 29.5. The minimum absolute atomic E-state index is 0.0500. The van der Waals surface area contributed by atoms with Gasteiger partial charge in [-0.05, 0) is 43.2 Å². The van der Waals surface area contributed by atoms with Crippen molar-refractivity contribution in [3.8, 4) is 5.75 Å². The van der Waals surface area contributed by atoms with Crippen LogP contribution in [0.15, 0.2) is 47.4 Å². The van der Waals surface area contributed by atoms with Gasteiger partial charge >= 0.3 is 0 Å². The number of hydrogen-bond donors (Lipinski definition) is 2. The fourth-order valence-corrected chi connectivity index (χ4v) is 3.18. The predicted octanol–water partition coefficient (Wildman–Crippen LogP) is 2.35. The van der Waals surface area contributed by atoms with Gasteiger partial charge in [0.1, 0.15) is 5.75 Å². The molecule has 0 unspecified atom stereocenters. The lowest BCUT2D eigenvalue weighted by molar-refractivity contribution is -0.123. The summed E-state index contributed by atoms with van der Waals surface area (Å²) in [5.74, 6) is -0.0198. The van der Waals surface area contributed by atoms with E-state index in [1.807, 2.05) is 36.9 Å². The first-order valence-corrected chi connectivity index (χ1v) is 8.91. The maximum atomic E-state index is 12.0. The normalized spacial score (nSPS) is 11.1. The predicted molar refractivity (Wildman–Crippen MR) is 91.3 cm³/mol. The van der Waals surface area contributed by atoms with Gasteiger partial charge in [-0.3, -0.25) is 10.2 Å². The molecule has 0 aliphatic carbocycles. The molecule has 2 rings (SSSR count). The summed E-state index contributed by atoms with van der Waals surface area (Å²) in [6.07, 6.45) is 0. The number of hydrogen-bond acceptors (Lipinski definition) is 4. The fourth-order valence-electron chi connectivity index (χ4n) is 2.02. The third-order valence-electron chi connectivity index (χ3n) is 3.19. The Bertz CT molecular complexity index is 833. The Balaban J connectivity index is 1.94. The second-order valence-electron chi connectivity index (χ2n) is 5.12. The minimum Gasteiger partial charge on any atom is -0.483 e. The Morgan fingerprint density at radius 1 is 1.12 bits per heavy atom. The molecule has 0 aliphatic heterocycles. The zero-order chi connectivity index (χ0) is 17.7. The van der Waals surface area contributed by atoms with Gasteiger partial charge in [0.25, 0.3) is 15.9 Å². The van der Waals surface area contributed by atoms with Crippen molar-refractivity contribution in [2.45, 2.75) is 18.7 Å². The number of sulfonamides is 1. The van der Waals surface area contributed by atoms with E-state index in [9.17, 15) is 13.2 Å². The fraction of sp³-hybridized carbons (Fsp3) is 0.188. The molecular weight excluding hydrogens is 352 g/mol. The third kappa shape index (κ3) is 4.70. The number of para-hydroxylation sites is 1. The average molecular weight is 369 g/mol. The summed E-state index contributed by atoms with van der Waals surface area (Å²) in [5.41, 5.74) is 3.89. The van der Waals surface area contributed by atoms with Crippen LogP contribution in [0.2, 0.25) is 5.02 Å². The molecule has 0 atom stereocenters. The first kappa shape index (κ1) is 18.3. The highest BCUT2D eigenvalue weighted by Crippen LogP contribution is 2.22. The van der Waals surface area contributed by atoms with Gasteiger partial charge in [0.2, 0.25) is 0 Å². The number of halogens is 1. The summed E-state index contributed by atoms with van der Waals surface area (Å²) >= 11 is 5.76. The van der Waals surface area contributed by atoms with E-state index in [0.29, 0.717) is 5.75 Å². The smallest absolute Gasteiger partial charge is 0.272 e. The van der Waals surface area contributed by atoms with Crippen LogP contribution in [0.4, 0.5) is 0 Å². The van der Waals surface area contributed by atoms with Crippen LogP contribution < -0.4 is 15.0 Å². The molecule has 6 nitrogen and oxygen atoms in total. The van der Waals surface area contributed by atoms with Crippen LogP contribution in [-0.2, 0) is 14.8 Å². The number of hydrazine groups is 1. The quantitative estimate of drug-likeness (QED) is 0.766. The van der Waals surface area contributed by atoms with E-state index in [0.717, 1.165) is 11.1 Å². The van der Waals surface area contributed by atoms with E-state index in [2.05, 4.69) is 5.43 Å². The standard InChI is InChI=1S/C16H17ClN2O4S/c1-11-5-3-6-12(2)16(11)23-10-15(20)18-19-24(21,22)14-8-4-7-13(17)9-14/h3-9,19H,10H2,1-2H3,(H,18,20). The number of amides is 1. The summed E-state index contributed by atoms with van der Waals surface area (Å²) in [5, 5.41) is 0.280. The number of carbonyl (C=O) groups excluding carboxylic acids is 1. The van der Waals surface area contributed by atoms with E-state index >= 15 is 0 Å². The summed E-state index contributed by atoms with van der Waals surface area (Å²) in [4.78, 5) is 13.7. The molecular formula is C16H17ClN2O4S. The van der Waals surface area contributed by atoms with E-state index in [4.69, 9.17) is 16.3 Å². The largest absolute Gasteiger partial charge is 0.483 e. The van der Waals surface area contributed by atoms with Crippen molar-refractivity contribution in [3.05, 3.63) is 58.6 Å². The number of carbonyl (C=O) groups is 1. The molecule has 0 saturated heterocycles. The van der Waals surface area contributed by atoms with Crippen molar-refractivity contribution >= 4 is 27.5 Å². The Labute approximate surface area is 145 Å². The molecule has 0 aliphatic rings. The molecule has 2 N–H and O–H groups in total. The highest BCUT2D eigenvalue weighted by Gasteiger charge is 2.16. The van der Waals surface area contributed by atoms with Crippen LogP contribution in [0, 0.1) is 13.8 Å². The lowest BCUT2D eigenvalue weighted by Gasteiger charge is -2.12. The second kappa shape index (κ2) is 7.65. The number of nitrogens with one attached hydrogen (secondary N) is 2. The zero-order valence-electron chi connectivity index (χ0n) is 13.2. The van der Waals surface area contributed by atoms with Crippen molar-refractivity contribution < 1.29 is 17.9 Å². The molecule has 2 aromatic rings. The molecule has 1 amide bonds. The second-order valence-corrected chi connectivity index (χ2v) is 7.24. The van der Waals surface area contributed by atoms with Crippen LogP contribution in [0.3, 0.4) is 0 Å². The van der Waals surface area contributed by atoms with Crippen LogP contribution in [0.5, 0.6) is 5.75 Å². The zero-order valence-corrected chi connectivity index (χ0v) is 14.7. The van der Waals surface area contributed by atoms with Gasteiger partial charge in [-0.25, -0.2) is 8.42 Å². The molecule has 0 heterocycles. The van der Waals surface area contributed by atoms with E-state index in [1.54, 1.807) is 6.07 Å². The monoisotopic (exact) mass is 368 g/mol. The SMILES string of the molecule is Cc1cccc(C)c1OCC(=O)NNS(=O)(=O)c1cccc(Cl)c1. The van der Waals surface area contributed by atoms with E-state index in [-0.39, 0.29) is 16.5 Å². The molecule has 0 saturated carbocycles. The van der Waals surface area contributed by atoms with Gasteiger partial charge in [0.15, 0.2) is 6.61 Å². The number of benzene rings is 2. The first-order valence-electron chi connectivity index (χ1n) is 7.05. The molecule has 0 bridgehead atoms.